The van der Waals surface area contributed by atoms with Gasteiger partial charge in [0.2, 0.25) is 5.69 Å². The van der Waals surface area contributed by atoms with Gasteiger partial charge in [0, 0.05) is 54.6 Å². The van der Waals surface area contributed by atoms with Gasteiger partial charge < -0.3 is 4.90 Å². The largest absolute Gasteiger partial charge is 0.344 e. The number of benzene rings is 2. The summed E-state index contributed by atoms with van der Waals surface area (Å²) in [5.41, 5.74) is 11.9. The molecule has 2 aromatic rings. The molecule has 2 atom stereocenters. The zero-order valence-electron chi connectivity index (χ0n) is 30.0. The molecule has 5 aliphatic rings. The van der Waals surface area contributed by atoms with Gasteiger partial charge in [-0.05, 0) is 149 Å². The van der Waals surface area contributed by atoms with E-state index < -0.39 is 0 Å². The average molecular weight is 854 g/mol. The summed E-state index contributed by atoms with van der Waals surface area (Å²) in [7, 11) is 0. The lowest BCUT2D eigenvalue weighted by Crippen LogP contribution is -2.48. The smallest absolute Gasteiger partial charge is 0.209 e. The fourth-order valence-corrected chi connectivity index (χ4v) is 9.93. The zero-order valence-corrected chi connectivity index (χ0v) is 34.3. The monoisotopic (exact) mass is 853 g/mol. The molecule has 250 valence electrons. The normalized spacial score (nSPS) is 25.1. The lowest BCUT2D eigenvalue weighted by atomic mass is 9.47. The molecule has 0 aromatic heterocycles. The van der Waals surface area contributed by atoms with E-state index in [2.05, 4.69) is 177 Å². The van der Waals surface area contributed by atoms with E-state index in [-0.39, 0.29) is 16.2 Å². The van der Waals surface area contributed by atoms with Gasteiger partial charge in [0.15, 0.2) is 5.71 Å². The van der Waals surface area contributed by atoms with Crippen molar-refractivity contribution in [2.24, 2.45) is 17.3 Å². The molecular formula is C43H55I2N2+. The number of anilines is 1. The summed E-state index contributed by atoms with van der Waals surface area (Å²) < 4.78 is 5.27. The highest BCUT2D eigenvalue weighted by molar-refractivity contribution is 14.1. The average Bonchev–Trinajstić information content (AvgIpc) is 3.36. The Bertz CT molecular complexity index is 1700. The molecule has 2 bridgehead atoms. The van der Waals surface area contributed by atoms with Crippen molar-refractivity contribution in [3.05, 3.63) is 102 Å². The van der Waals surface area contributed by atoms with Crippen molar-refractivity contribution in [2.45, 2.75) is 111 Å². The molecule has 1 fully saturated rings. The summed E-state index contributed by atoms with van der Waals surface area (Å²) in [5, 5.41) is 0. The van der Waals surface area contributed by atoms with Crippen molar-refractivity contribution in [1.29, 1.82) is 0 Å². The highest BCUT2D eigenvalue weighted by Gasteiger charge is 2.53. The molecule has 3 aliphatic carbocycles. The molecule has 0 spiro atoms. The van der Waals surface area contributed by atoms with Crippen LogP contribution >= 0.6 is 45.2 Å². The van der Waals surface area contributed by atoms with Crippen LogP contribution < -0.4 is 4.90 Å². The maximum absolute atomic E-state index is 2.63. The Hall–Kier alpha value is -1.67. The minimum atomic E-state index is -0.0165. The van der Waals surface area contributed by atoms with Gasteiger partial charge in [0.05, 0.1) is 5.41 Å². The Morgan fingerprint density at radius 1 is 0.787 bits per heavy atom. The van der Waals surface area contributed by atoms with Gasteiger partial charge in [-0.25, -0.2) is 0 Å². The molecule has 2 unspecified atom stereocenters. The number of nitrogens with zero attached hydrogens (tertiary/aromatic N) is 2. The number of unbranched alkanes of at least 4 members (excludes halogenated alkanes) is 4. The van der Waals surface area contributed by atoms with Gasteiger partial charge in [-0.3, -0.25) is 0 Å². The fraction of sp³-hybridized carbons (Fsp3) is 0.512. The van der Waals surface area contributed by atoms with Gasteiger partial charge in [-0.2, -0.15) is 4.58 Å². The van der Waals surface area contributed by atoms with Gasteiger partial charge in [0.1, 0.15) is 6.54 Å². The number of rotatable bonds is 11. The zero-order chi connectivity index (χ0) is 33.7. The van der Waals surface area contributed by atoms with E-state index in [0.29, 0.717) is 11.8 Å². The number of hydrogen-bond donors (Lipinski definition) is 0. The van der Waals surface area contributed by atoms with E-state index in [1.807, 2.05) is 0 Å². The van der Waals surface area contributed by atoms with Crippen molar-refractivity contribution in [2.75, 3.05) is 18.0 Å². The molecule has 2 aromatic carbocycles. The summed E-state index contributed by atoms with van der Waals surface area (Å²) in [6, 6.07) is 14.1. The lowest BCUT2D eigenvalue weighted by molar-refractivity contribution is -0.438. The molecule has 0 saturated heterocycles. The van der Waals surface area contributed by atoms with Gasteiger partial charge in [0.25, 0.3) is 0 Å². The first kappa shape index (κ1) is 35.2. The molecular weight excluding hydrogens is 798 g/mol. The minimum Gasteiger partial charge on any atom is -0.344 e. The Labute approximate surface area is 312 Å². The lowest BCUT2D eigenvalue weighted by Gasteiger charge is -2.57. The second kappa shape index (κ2) is 13.6. The van der Waals surface area contributed by atoms with Crippen LogP contribution in [-0.2, 0) is 10.8 Å². The molecule has 4 heteroatoms. The maximum atomic E-state index is 2.63. The number of hydrogen-bond acceptors (Lipinski definition) is 1. The van der Waals surface area contributed by atoms with Crippen molar-refractivity contribution in [1.82, 2.24) is 0 Å². The van der Waals surface area contributed by atoms with E-state index in [1.54, 1.807) is 0 Å². The predicted octanol–water partition coefficient (Wildman–Crippen LogP) is 12.4. The van der Waals surface area contributed by atoms with Crippen LogP contribution in [-0.4, -0.2) is 23.4 Å². The summed E-state index contributed by atoms with van der Waals surface area (Å²) in [4.78, 5) is 2.63. The predicted molar refractivity (Wildman–Crippen MR) is 219 cm³/mol. The third-order valence-electron chi connectivity index (χ3n) is 12.0. The van der Waals surface area contributed by atoms with Crippen LogP contribution in [0.2, 0.25) is 0 Å². The minimum absolute atomic E-state index is 0.0165. The van der Waals surface area contributed by atoms with Crippen molar-refractivity contribution < 1.29 is 4.58 Å². The molecule has 7 rings (SSSR count). The van der Waals surface area contributed by atoms with E-state index in [9.17, 15) is 0 Å². The van der Waals surface area contributed by atoms with Crippen LogP contribution in [0.25, 0.3) is 0 Å². The second-order valence-electron chi connectivity index (χ2n) is 16.0. The highest BCUT2D eigenvalue weighted by atomic mass is 127. The number of halogens is 2. The SMILES string of the molecule is CCCCCN1/C(=C/C=C2C=C(/C=C/C3=[N+](CCCCC)c4ccc(I)cc4C3(C)C)C3CC/2C3(C)C)C(C)(C)c2cc(I)ccc21. The van der Waals surface area contributed by atoms with Gasteiger partial charge in [-0.15, -0.1) is 0 Å². The van der Waals surface area contributed by atoms with E-state index in [4.69, 9.17) is 0 Å². The fourth-order valence-electron chi connectivity index (χ4n) is 8.95. The summed E-state index contributed by atoms with van der Waals surface area (Å²) in [6.07, 6.45) is 21.3. The number of fused-ring (bicyclic) bond motifs is 3. The molecule has 2 heterocycles. The Morgan fingerprint density at radius 2 is 1.47 bits per heavy atom. The van der Waals surface area contributed by atoms with Crippen LogP contribution in [0.15, 0.2) is 83.6 Å². The topological polar surface area (TPSA) is 6.25 Å². The first-order valence-electron chi connectivity index (χ1n) is 18.2. The van der Waals surface area contributed by atoms with E-state index >= 15 is 0 Å². The van der Waals surface area contributed by atoms with Gasteiger partial charge >= 0.3 is 0 Å². The van der Waals surface area contributed by atoms with Crippen molar-refractivity contribution in [3.8, 4) is 0 Å². The highest BCUT2D eigenvalue weighted by Crippen LogP contribution is 2.61. The first-order chi connectivity index (χ1) is 22.3. The molecule has 0 N–H and O–H groups in total. The molecule has 0 amide bonds. The van der Waals surface area contributed by atoms with Crippen LogP contribution in [0, 0.1) is 24.4 Å². The van der Waals surface area contributed by atoms with Crippen LogP contribution in [0.5, 0.6) is 0 Å². The van der Waals surface area contributed by atoms with Crippen LogP contribution in [0.3, 0.4) is 0 Å². The molecule has 1 saturated carbocycles. The second-order valence-corrected chi connectivity index (χ2v) is 18.5. The molecule has 2 aliphatic heterocycles. The maximum Gasteiger partial charge on any atom is 0.209 e. The molecule has 47 heavy (non-hydrogen) atoms. The third-order valence-corrected chi connectivity index (χ3v) is 13.3. The van der Waals surface area contributed by atoms with E-state index in [1.165, 1.54) is 97.1 Å². The summed E-state index contributed by atoms with van der Waals surface area (Å²) >= 11 is 4.95. The van der Waals surface area contributed by atoms with Crippen molar-refractivity contribution >= 4 is 62.3 Å². The van der Waals surface area contributed by atoms with Crippen LogP contribution in [0.1, 0.15) is 111 Å². The van der Waals surface area contributed by atoms with E-state index in [0.717, 1.165) is 13.1 Å². The van der Waals surface area contributed by atoms with Crippen LogP contribution in [0.4, 0.5) is 11.4 Å². The van der Waals surface area contributed by atoms with Crippen molar-refractivity contribution in [3.63, 3.8) is 0 Å². The van der Waals surface area contributed by atoms with Gasteiger partial charge in [-0.1, -0.05) is 79.0 Å². The first-order valence-corrected chi connectivity index (χ1v) is 20.3. The standard InChI is InChI=1S/C43H55I2N2/c1-9-11-13-23-46-37-19-17-31(44)26-35(37)42(5,6)39(46)21-15-29-25-30(34-28-33(29)41(34,3)4)16-22-40-43(7,8)36-27-32(45)18-20-38(36)47(40)24-14-12-10-2/h15-22,25-27,33-34H,9-14,23-24,28H2,1-8H3/q+1. The summed E-state index contributed by atoms with van der Waals surface area (Å²) in [5.74, 6) is 1.24. The molecule has 0 radical (unpaired) electrons. The number of allylic oxidation sites excluding steroid dienone is 8. The third kappa shape index (κ3) is 6.30. The Kier molecular flexibility index (Phi) is 10.1. The Balaban J connectivity index is 1.37. The quantitative estimate of drug-likeness (QED) is 0.124. The summed E-state index contributed by atoms with van der Waals surface area (Å²) in [6.45, 7) is 21.5. The molecule has 2 nitrogen and oxygen atoms in total. The Morgan fingerprint density at radius 3 is 2.17 bits per heavy atom.